The number of pyridine rings is 1. The number of piperidine rings is 1. The van der Waals surface area contributed by atoms with Gasteiger partial charge in [0.05, 0.1) is 34.9 Å². The Bertz CT molecular complexity index is 2200. The number of hydrogen-bond acceptors (Lipinski definition) is 9. The van der Waals surface area contributed by atoms with Crippen LogP contribution < -0.4 is 15.0 Å². The van der Waals surface area contributed by atoms with Gasteiger partial charge in [-0.05, 0) is 86.1 Å². The van der Waals surface area contributed by atoms with E-state index in [0.717, 1.165) is 38.4 Å². The van der Waals surface area contributed by atoms with Gasteiger partial charge in [-0.1, -0.05) is 0 Å². The summed E-state index contributed by atoms with van der Waals surface area (Å²) >= 11 is 0. The van der Waals surface area contributed by atoms with Crippen molar-refractivity contribution in [2.75, 3.05) is 18.0 Å². The zero-order valence-corrected chi connectivity index (χ0v) is 29.1. The summed E-state index contributed by atoms with van der Waals surface area (Å²) in [7, 11) is 0. The van der Waals surface area contributed by atoms with Crippen LogP contribution in [0.25, 0.3) is 27.8 Å². The van der Waals surface area contributed by atoms with Crippen molar-refractivity contribution in [3.8, 4) is 22.7 Å². The maximum atomic E-state index is 14.8. The van der Waals surface area contributed by atoms with Crippen LogP contribution in [0.4, 0.5) is 19.1 Å². The molecule has 1 saturated heterocycles. The number of carbonyl (C=O) groups excluding carboxylic acids is 1. The molecule has 1 aromatic carbocycles. The lowest BCUT2D eigenvalue weighted by atomic mass is 9.48. The summed E-state index contributed by atoms with van der Waals surface area (Å²) in [6.45, 7) is 1.44. The molecule has 54 heavy (non-hydrogen) atoms. The molecule has 0 unspecified atom stereocenters. The third-order valence-electron chi connectivity index (χ3n) is 12.0. The molecule has 5 fully saturated rings. The SMILES string of the molecule is O=C(NC1(C(=O)O)C2CC3CC(C2)CC1C3)c1ccc(-c2cn(-c3cncnc3)c3cc(OC4CCN(c5ncccn5)CC4)ccc23)nc1C(F)(F)F. The molecule has 5 heterocycles. The number of fused-ring (bicyclic) bond motifs is 1. The van der Waals surface area contributed by atoms with E-state index >= 15 is 0 Å². The Kier molecular flexibility index (Phi) is 8.27. The van der Waals surface area contributed by atoms with E-state index in [1.165, 1.54) is 12.4 Å². The van der Waals surface area contributed by atoms with Crippen molar-refractivity contribution in [2.45, 2.75) is 62.8 Å². The molecule has 12 nitrogen and oxygen atoms in total. The zero-order valence-electron chi connectivity index (χ0n) is 29.1. The van der Waals surface area contributed by atoms with Gasteiger partial charge in [-0.15, -0.1) is 0 Å². The molecule has 1 amide bonds. The first-order chi connectivity index (χ1) is 26.1. The molecule has 15 heteroatoms. The van der Waals surface area contributed by atoms with Gasteiger partial charge in [-0.2, -0.15) is 13.2 Å². The highest BCUT2D eigenvalue weighted by Crippen LogP contribution is 2.58. The van der Waals surface area contributed by atoms with Gasteiger partial charge in [-0.3, -0.25) is 4.79 Å². The number of carboxylic acid groups (broad SMARTS) is 1. The number of anilines is 1. The Labute approximate surface area is 307 Å². The van der Waals surface area contributed by atoms with Crippen molar-refractivity contribution in [3.63, 3.8) is 0 Å². The fraction of sp³-hybridized carbons (Fsp3) is 0.410. The van der Waals surface area contributed by atoms with Gasteiger partial charge in [0, 0.05) is 61.5 Å². The van der Waals surface area contributed by atoms with Gasteiger partial charge in [0.15, 0.2) is 5.69 Å². The Morgan fingerprint density at radius 1 is 0.926 bits per heavy atom. The van der Waals surface area contributed by atoms with Crippen LogP contribution in [-0.4, -0.2) is 71.2 Å². The lowest BCUT2D eigenvalue weighted by Gasteiger charge is -2.59. The largest absolute Gasteiger partial charge is 0.490 e. The molecule has 0 radical (unpaired) electrons. The maximum Gasteiger partial charge on any atom is 0.434 e. The second-order valence-corrected chi connectivity index (χ2v) is 15.1. The van der Waals surface area contributed by atoms with E-state index in [9.17, 15) is 27.9 Å². The zero-order chi connectivity index (χ0) is 37.2. The van der Waals surface area contributed by atoms with E-state index in [4.69, 9.17) is 4.74 Å². The van der Waals surface area contributed by atoms with Crippen molar-refractivity contribution in [1.29, 1.82) is 0 Å². The second-order valence-electron chi connectivity index (χ2n) is 15.1. The Morgan fingerprint density at radius 2 is 1.61 bits per heavy atom. The fourth-order valence-electron chi connectivity index (χ4n) is 9.73. The number of alkyl halides is 3. The van der Waals surface area contributed by atoms with Crippen LogP contribution in [0.3, 0.4) is 0 Å². The fourth-order valence-corrected chi connectivity index (χ4v) is 9.73. The number of aliphatic carboxylic acids is 1. The highest BCUT2D eigenvalue weighted by atomic mass is 19.4. The molecule has 4 saturated carbocycles. The second kappa shape index (κ2) is 13.1. The first-order valence-corrected chi connectivity index (χ1v) is 18.3. The van der Waals surface area contributed by atoms with Crippen LogP contribution in [0, 0.1) is 23.7 Å². The smallest absolute Gasteiger partial charge is 0.434 e. The average Bonchev–Trinajstić information content (AvgIpc) is 3.55. The molecule has 0 atom stereocenters. The van der Waals surface area contributed by atoms with E-state index in [2.05, 4.69) is 35.1 Å². The summed E-state index contributed by atoms with van der Waals surface area (Å²) in [5.74, 6) is -0.858. The van der Waals surface area contributed by atoms with Gasteiger partial charge in [0.1, 0.15) is 23.7 Å². The van der Waals surface area contributed by atoms with Gasteiger partial charge in [0.2, 0.25) is 5.95 Å². The van der Waals surface area contributed by atoms with Crippen LogP contribution >= 0.6 is 0 Å². The lowest BCUT2D eigenvalue weighted by molar-refractivity contribution is -0.163. The summed E-state index contributed by atoms with van der Waals surface area (Å²) in [6.07, 6.45) is 9.73. The number of aromatic nitrogens is 6. The number of ether oxygens (including phenoxy) is 1. The summed E-state index contributed by atoms with van der Waals surface area (Å²) in [5, 5.41) is 13.7. The quantitative estimate of drug-likeness (QED) is 0.185. The first-order valence-electron chi connectivity index (χ1n) is 18.3. The molecule has 1 aliphatic heterocycles. The number of nitrogens with one attached hydrogen (secondary N) is 1. The number of carboxylic acids is 1. The molecular weight excluding hydrogens is 701 g/mol. The minimum absolute atomic E-state index is 0.00813. The van der Waals surface area contributed by atoms with Gasteiger partial charge in [-0.25, -0.2) is 29.7 Å². The van der Waals surface area contributed by atoms with E-state index in [1.54, 1.807) is 53.8 Å². The van der Waals surface area contributed by atoms with E-state index in [-0.39, 0.29) is 23.6 Å². The number of hydrogen-bond donors (Lipinski definition) is 2. The normalized spacial score (nSPS) is 25.2. The molecule has 5 aliphatic rings. The van der Waals surface area contributed by atoms with Crippen molar-refractivity contribution in [1.82, 2.24) is 34.8 Å². The molecular formula is C39H37F3N8O4. The van der Waals surface area contributed by atoms with E-state index < -0.39 is 34.8 Å². The molecule has 5 aromatic rings. The summed E-state index contributed by atoms with van der Waals surface area (Å²) in [5.41, 5.74) is -2.11. The molecule has 2 N–H and O–H groups in total. The highest BCUT2D eigenvalue weighted by molar-refractivity contribution is 6.01. The Balaban J connectivity index is 1.04. The van der Waals surface area contributed by atoms with Crippen LogP contribution in [0.5, 0.6) is 5.75 Å². The van der Waals surface area contributed by atoms with Gasteiger partial charge >= 0.3 is 12.1 Å². The Hall–Kier alpha value is -5.60. The highest BCUT2D eigenvalue weighted by Gasteiger charge is 2.62. The standard InChI is InChI=1S/C39H37F3N8O4/c40-39(41,42)34-30(35(51)48-38(36(52)53)24-13-22-12-23(15-24)16-25(38)14-22)4-5-32(47-34)31-20-50(26-18-43-21-44-19-26)33-17-28(2-3-29(31)33)54-27-6-10-49(11-7-27)37-45-8-1-9-46-37/h1-5,8-9,17-25,27H,6-7,10-16H2,(H,48,51)(H,52,53). The topological polar surface area (TPSA) is 148 Å². The van der Waals surface area contributed by atoms with Crippen LogP contribution in [0.2, 0.25) is 0 Å². The van der Waals surface area contributed by atoms with Crippen LogP contribution in [0.15, 0.2) is 73.7 Å². The number of amides is 1. The monoisotopic (exact) mass is 738 g/mol. The molecule has 4 bridgehead atoms. The minimum atomic E-state index is -5.00. The number of halogens is 3. The van der Waals surface area contributed by atoms with Gasteiger partial charge in [0.25, 0.3) is 5.91 Å². The predicted octanol–water partition coefficient (Wildman–Crippen LogP) is 6.35. The van der Waals surface area contributed by atoms with E-state index in [1.807, 2.05) is 6.07 Å². The van der Waals surface area contributed by atoms with Crippen molar-refractivity contribution in [3.05, 3.63) is 85.0 Å². The molecule has 278 valence electrons. The number of benzene rings is 1. The summed E-state index contributed by atoms with van der Waals surface area (Å²) < 4.78 is 52.6. The van der Waals surface area contributed by atoms with Crippen LogP contribution in [-0.2, 0) is 11.0 Å². The number of carbonyl (C=O) groups is 2. The third-order valence-corrected chi connectivity index (χ3v) is 12.0. The molecule has 4 aliphatic carbocycles. The molecule has 0 spiro atoms. The predicted molar refractivity (Wildman–Crippen MR) is 190 cm³/mol. The average molecular weight is 739 g/mol. The maximum absolute atomic E-state index is 14.8. The molecule has 4 aromatic heterocycles. The first kappa shape index (κ1) is 34.2. The van der Waals surface area contributed by atoms with Crippen molar-refractivity contribution in [2.24, 2.45) is 23.7 Å². The number of rotatable bonds is 8. The minimum Gasteiger partial charge on any atom is -0.490 e. The van der Waals surface area contributed by atoms with Crippen molar-refractivity contribution < 1.29 is 32.6 Å². The van der Waals surface area contributed by atoms with Crippen molar-refractivity contribution >= 4 is 28.7 Å². The van der Waals surface area contributed by atoms with E-state index in [0.29, 0.717) is 71.4 Å². The number of nitrogens with zero attached hydrogens (tertiary/aromatic N) is 7. The van der Waals surface area contributed by atoms with Crippen LogP contribution in [0.1, 0.15) is 61.0 Å². The lowest BCUT2D eigenvalue weighted by Crippen LogP contribution is -2.70. The Morgan fingerprint density at radius 3 is 2.26 bits per heavy atom. The third kappa shape index (κ3) is 5.89. The molecule has 10 rings (SSSR count). The van der Waals surface area contributed by atoms with Gasteiger partial charge < -0.3 is 24.6 Å². The summed E-state index contributed by atoms with van der Waals surface area (Å²) in [6, 6.07) is 9.66. The summed E-state index contributed by atoms with van der Waals surface area (Å²) in [4.78, 5) is 49.8.